The second-order valence-corrected chi connectivity index (χ2v) is 3.60. The number of rotatable bonds is 4. The van der Waals surface area contributed by atoms with E-state index in [0.29, 0.717) is 19.6 Å². The third kappa shape index (κ3) is 3.22. The maximum Gasteiger partial charge on any atom is 0.317 e. The van der Waals surface area contributed by atoms with Crippen LogP contribution in [0.25, 0.3) is 0 Å². The summed E-state index contributed by atoms with van der Waals surface area (Å²) >= 11 is 0. The molecular weight excluding hydrogens is 166 g/mol. The van der Waals surface area contributed by atoms with Gasteiger partial charge < -0.3 is 16.0 Å². The first-order valence-corrected chi connectivity index (χ1v) is 4.75. The van der Waals surface area contributed by atoms with E-state index in [1.165, 1.54) is 0 Å². The molecule has 0 saturated carbocycles. The summed E-state index contributed by atoms with van der Waals surface area (Å²) in [5.74, 6) is 0. The number of nitrogens with zero attached hydrogens (tertiary/aromatic N) is 1. The molecule has 0 aromatic heterocycles. The predicted octanol–water partition coefficient (Wildman–Crippen LogP) is 0.775. The van der Waals surface area contributed by atoms with E-state index in [1.54, 1.807) is 4.90 Å². The van der Waals surface area contributed by atoms with Gasteiger partial charge in [-0.25, -0.2) is 4.79 Å². The Labute approximate surface area is 80.5 Å². The molecule has 0 aromatic carbocycles. The Hall–Kier alpha value is -0.770. The summed E-state index contributed by atoms with van der Waals surface area (Å²) in [6.07, 6.45) is 0. The van der Waals surface area contributed by atoms with E-state index in [2.05, 4.69) is 5.32 Å². The highest BCUT2D eigenvalue weighted by molar-refractivity contribution is 5.74. The molecule has 3 N–H and O–H groups in total. The topological polar surface area (TPSA) is 58.4 Å². The van der Waals surface area contributed by atoms with Crippen LogP contribution in [0, 0.1) is 0 Å². The average molecular weight is 187 g/mol. The molecule has 0 heterocycles. The zero-order valence-corrected chi connectivity index (χ0v) is 9.05. The number of carbonyl (C=O) groups excluding carboxylic acids is 1. The predicted molar refractivity (Wildman–Crippen MR) is 54.6 cm³/mol. The highest BCUT2D eigenvalue weighted by atomic mass is 16.2. The fourth-order valence-electron chi connectivity index (χ4n) is 1.20. The summed E-state index contributed by atoms with van der Waals surface area (Å²) in [4.78, 5) is 13.3. The molecule has 0 radical (unpaired) electrons. The number of hydrogen-bond donors (Lipinski definition) is 2. The highest BCUT2D eigenvalue weighted by Crippen LogP contribution is 2.11. The van der Waals surface area contributed by atoms with E-state index in [1.807, 2.05) is 27.7 Å². The molecule has 78 valence electrons. The van der Waals surface area contributed by atoms with Crippen molar-refractivity contribution in [2.45, 2.75) is 33.2 Å². The van der Waals surface area contributed by atoms with Crippen molar-refractivity contribution >= 4 is 6.03 Å². The van der Waals surface area contributed by atoms with Crippen LogP contribution in [-0.2, 0) is 0 Å². The molecule has 0 saturated heterocycles. The maximum absolute atomic E-state index is 11.5. The van der Waals surface area contributed by atoms with Gasteiger partial charge in [-0.3, -0.25) is 0 Å². The smallest absolute Gasteiger partial charge is 0.317 e. The molecular formula is C9H21N3O. The van der Waals surface area contributed by atoms with Crippen LogP contribution < -0.4 is 11.1 Å². The van der Waals surface area contributed by atoms with Crippen LogP contribution in [0.4, 0.5) is 4.79 Å². The molecule has 0 spiro atoms. The van der Waals surface area contributed by atoms with Gasteiger partial charge in [-0.15, -0.1) is 0 Å². The number of nitrogens with one attached hydrogen (secondary N) is 1. The number of likely N-dealkylation sites (N-methyl/N-ethyl adjacent to an activating group) is 1. The highest BCUT2D eigenvalue weighted by Gasteiger charge is 2.27. The van der Waals surface area contributed by atoms with Crippen LogP contribution in [0.3, 0.4) is 0 Å². The molecule has 2 amide bonds. The zero-order valence-electron chi connectivity index (χ0n) is 9.05. The van der Waals surface area contributed by atoms with Gasteiger partial charge in [0.05, 0.1) is 5.54 Å². The van der Waals surface area contributed by atoms with E-state index in [9.17, 15) is 4.79 Å². The van der Waals surface area contributed by atoms with Gasteiger partial charge >= 0.3 is 6.03 Å². The Kier molecular flexibility index (Phi) is 4.77. The van der Waals surface area contributed by atoms with Crippen LogP contribution in [-0.4, -0.2) is 36.1 Å². The van der Waals surface area contributed by atoms with Crippen molar-refractivity contribution < 1.29 is 4.79 Å². The number of hydrogen-bond acceptors (Lipinski definition) is 2. The number of carbonyl (C=O) groups is 1. The Morgan fingerprint density at radius 1 is 1.46 bits per heavy atom. The maximum atomic E-state index is 11.5. The first-order valence-electron chi connectivity index (χ1n) is 4.75. The van der Waals surface area contributed by atoms with E-state index in [-0.39, 0.29) is 11.6 Å². The van der Waals surface area contributed by atoms with Crippen molar-refractivity contribution in [1.82, 2.24) is 10.2 Å². The molecule has 0 aromatic rings. The molecule has 0 fully saturated rings. The zero-order chi connectivity index (χ0) is 10.5. The quantitative estimate of drug-likeness (QED) is 0.683. The lowest BCUT2D eigenvalue weighted by molar-refractivity contribution is 0.144. The summed E-state index contributed by atoms with van der Waals surface area (Å²) in [5, 5.41) is 2.77. The van der Waals surface area contributed by atoms with E-state index >= 15 is 0 Å². The van der Waals surface area contributed by atoms with Gasteiger partial charge in [0.25, 0.3) is 0 Å². The van der Waals surface area contributed by atoms with Gasteiger partial charge in [0.1, 0.15) is 0 Å². The first-order chi connectivity index (χ1) is 5.99. The fourth-order valence-corrected chi connectivity index (χ4v) is 1.20. The standard InChI is InChI=1S/C9H21N3O/c1-5-11-8(13)12(6-2)9(3,4)7-10/h5-7,10H2,1-4H3,(H,11,13). The van der Waals surface area contributed by atoms with E-state index in [0.717, 1.165) is 0 Å². The molecule has 0 aliphatic carbocycles. The lowest BCUT2D eigenvalue weighted by Crippen LogP contribution is -2.55. The minimum Gasteiger partial charge on any atom is -0.338 e. The molecule has 0 aliphatic heterocycles. The Balaban J connectivity index is 4.40. The van der Waals surface area contributed by atoms with Crippen molar-refractivity contribution in [2.75, 3.05) is 19.6 Å². The number of nitrogens with two attached hydrogens (primary N) is 1. The van der Waals surface area contributed by atoms with Crippen molar-refractivity contribution in [2.24, 2.45) is 5.73 Å². The summed E-state index contributed by atoms with van der Waals surface area (Å²) in [5.41, 5.74) is 5.33. The van der Waals surface area contributed by atoms with Gasteiger partial charge in [0.2, 0.25) is 0 Å². The average Bonchev–Trinajstić information content (AvgIpc) is 2.05. The summed E-state index contributed by atoms with van der Waals surface area (Å²) in [7, 11) is 0. The second-order valence-electron chi connectivity index (χ2n) is 3.60. The van der Waals surface area contributed by atoms with Crippen LogP contribution in [0.1, 0.15) is 27.7 Å². The monoisotopic (exact) mass is 187 g/mol. The summed E-state index contributed by atoms with van der Waals surface area (Å²) < 4.78 is 0. The fraction of sp³-hybridized carbons (Fsp3) is 0.889. The molecule has 4 nitrogen and oxygen atoms in total. The van der Waals surface area contributed by atoms with Crippen molar-refractivity contribution in [3.63, 3.8) is 0 Å². The molecule has 0 unspecified atom stereocenters. The minimum atomic E-state index is -0.270. The summed E-state index contributed by atoms with van der Waals surface area (Å²) in [6.45, 7) is 9.58. The van der Waals surface area contributed by atoms with Gasteiger partial charge in [-0.2, -0.15) is 0 Å². The van der Waals surface area contributed by atoms with Gasteiger partial charge in [-0.1, -0.05) is 0 Å². The second kappa shape index (κ2) is 5.07. The van der Waals surface area contributed by atoms with Gasteiger partial charge in [0.15, 0.2) is 0 Å². The number of urea groups is 1. The molecule has 13 heavy (non-hydrogen) atoms. The van der Waals surface area contributed by atoms with Gasteiger partial charge in [-0.05, 0) is 27.7 Å². The van der Waals surface area contributed by atoms with Crippen LogP contribution in [0.5, 0.6) is 0 Å². The minimum absolute atomic E-state index is 0.0412. The van der Waals surface area contributed by atoms with Crippen molar-refractivity contribution in [3.05, 3.63) is 0 Å². The lowest BCUT2D eigenvalue weighted by Gasteiger charge is -2.36. The molecule has 0 atom stereocenters. The SMILES string of the molecule is CCNC(=O)N(CC)C(C)(C)CN. The molecule has 0 rings (SSSR count). The molecule has 4 heteroatoms. The van der Waals surface area contributed by atoms with Crippen molar-refractivity contribution in [1.29, 1.82) is 0 Å². The Morgan fingerprint density at radius 3 is 2.31 bits per heavy atom. The van der Waals surface area contributed by atoms with Crippen molar-refractivity contribution in [3.8, 4) is 0 Å². The van der Waals surface area contributed by atoms with Crippen LogP contribution in [0.15, 0.2) is 0 Å². The molecule has 0 aliphatic rings. The summed E-state index contributed by atoms with van der Waals surface area (Å²) in [6, 6.07) is -0.0412. The normalized spacial score (nSPS) is 11.2. The van der Waals surface area contributed by atoms with Gasteiger partial charge in [0, 0.05) is 19.6 Å². The Bertz CT molecular complexity index is 168. The Morgan fingerprint density at radius 2 is 2.00 bits per heavy atom. The third-order valence-corrected chi connectivity index (χ3v) is 2.12. The van der Waals surface area contributed by atoms with Crippen LogP contribution >= 0.6 is 0 Å². The van der Waals surface area contributed by atoms with Crippen LogP contribution in [0.2, 0.25) is 0 Å². The molecule has 0 bridgehead atoms. The number of amides is 2. The first kappa shape index (κ1) is 12.2. The lowest BCUT2D eigenvalue weighted by atomic mass is 10.0. The van der Waals surface area contributed by atoms with E-state index in [4.69, 9.17) is 5.73 Å². The van der Waals surface area contributed by atoms with E-state index < -0.39 is 0 Å². The third-order valence-electron chi connectivity index (χ3n) is 2.12. The largest absolute Gasteiger partial charge is 0.338 e.